The molecule has 0 aliphatic carbocycles. The standard InChI is InChI=1S/C20H18O8/c1-3-27-19(25)14-7-5-6-12(16(14)18(23)24)11-8-9-13(17(21)22)15(10-11)20(26)28-4-2/h5-10H,3-4H2,1-2H3,(H,21,22)(H,23,24). The number of carbonyl (C=O) groups is 4. The molecule has 0 saturated carbocycles. The van der Waals surface area contributed by atoms with Crippen molar-refractivity contribution in [1.82, 2.24) is 0 Å². The Morgan fingerprint density at radius 3 is 1.93 bits per heavy atom. The van der Waals surface area contributed by atoms with Gasteiger partial charge in [-0.25, -0.2) is 19.2 Å². The Bertz CT molecular complexity index is 945. The monoisotopic (exact) mass is 386 g/mol. The van der Waals surface area contributed by atoms with Crippen LogP contribution in [0.2, 0.25) is 0 Å². The zero-order valence-corrected chi connectivity index (χ0v) is 15.2. The van der Waals surface area contributed by atoms with Crippen molar-refractivity contribution in [1.29, 1.82) is 0 Å². The number of benzene rings is 2. The summed E-state index contributed by atoms with van der Waals surface area (Å²) in [5.41, 5.74) is -0.562. The van der Waals surface area contributed by atoms with E-state index in [1.807, 2.05) is 0 Å². The van der Waals surface area contributed by atoms with Crippen LogP contribution in [0.4, 0.5) is 0 Å². The van der Waals surface area contributed by atoms with Crippen molar-refractivity contribution in [3.63, 3.8) is 0 Å². The first-order chi connectivity index (χ1) is 13.3. The van der Waals surface area contributed by atoms with Crippen LogP contribution in [0, 0.1) is 0 Å². The smallest absolute Gasteiger partial charge is 0.339 e. The summed E-state index contributed by atoms with van der Waals surface area (Å²) in [7, 11) is 0. The van der Waals surface area contributed by atoms with Gasteiger partial charge in [0.1, 0.15) is 0 Å². The van der Waals surface area contributed by atoms with Crippen molar-refractivity contribution in [2.24, 2.45) is 0 Å². The lowest BCUT2D eigenvalue weighted by atomic mass is 9.93. The van der Waals surface area contributed by atoms with Gasteiger partial charge in [-0.05, 0) is 43.2 Å². The van der Waals surface area contributed by atoms with Crippen molar-refractivity contribution < 1.29 is 38.9 Å². The number of hydrogen-bond donors (Lipinski definition) is 2. The van der Waals surface area contributed by atoms with E-state index in [-0.39, 0.29) is 46.6 Å². The zero-order valence-electron chi connectivity index (χ0n) is 15.2. The van der Waals surface area contributed by atoms with Crippen LogP contribution in [0.5, 0.6) is 0 Å². The summed E-state index contributed by atoms with van der Waals surface area (Å²) in [6.07, 6.45) is 0. The first-order valence-corrected chi connectivity index (χ1v) is 8.40. The van der Waals surface area contributed by atoms with Gasteiger partial charge in [0, 0.05) is 0 Å². The van der Waals surface area contributed by atoms with Gasteiger partial charge < -0.3 is 19.7 Å². The fourth-order valence-corrected chi connectivity index (χ4v) is 2.68. The van der Waals surface area contributed by atoms with Gasteiger partial charge >= 0.3 is 23.9 Å². The first kappa shape index (κ1) is 20.6. The normalized spacial score (nSPS) is 10.2. The highest BCUT2D eigenvalue weighted by Gasteiger charge is 2.24. The third-order valence-electron chi connectivity index (χ3n) is 3.83. The Hall–Kier alpha value is -3.68. The number of carboxylic acid groups (broad SMARTS) is 2. The third kappa shape index (κ3) is 4.17. The minimum atomic E-state index is -1.36. The maximum Gasteiger partial charge on any atom is 0.339 e. The van der Waals surface area contributed by atoms with Gasteiger partial charge in [-0.2, -0.15) is 0 Å². The average molecular weight is 386 g/mol. The minimum absolute atomic E-state index is 0.0425. The lowest BCUT2D eigenvalue weighted by Crippen LogP contribution is -2.14. The van der Waals surface area contributed by atoms with Crippen molar-refractivity contribution in [3.05, 3.63) is 58.7 Å². The second-order valence-corrected chi connectivity index (χ2v) is 5.54. The molecule has 2 aromatic carbocycles. The van der Waals surface area contributed by atoms with Gasteiger partial charge in [0.05, 0.1) is 35.5 Å². The van der Waals surface area contributed by atoms with Crippen LogP contribution in [0.25, 0.3) is 11.1 Å². The topological polar surface area (TPSA) is 127 Å². The molecule has 0 aliphatic rings. The molecule has 8 heteroatoms. The molecule has 146 valence electrons. The molecule has 0 heterocycles. The van der Waals surface area contributed by atoms with Crippen LogP contribution in [0.3, 0.4) is 0 Å². The summed E-state index contributed by atoms with van der Waals surface area (Å²) in [5, 5.41) is 18.9. The quantitative estimate of drug-likeness (QED) is 0.695. The largest absolute Gasteiger partial charge is 0.478 e. The Kier molecular flexibility index (Phi) is 6.49. The van der Waals surface area contributed by atoms with E-state index in [0.717, 1.165) is 0 Å². The SMILES string of the molecule is CCOC(=O)c1cc(-c2cccc(C(=O)OCC)c2C(=O)O)ccc1C(=O)O. The second-order valence-electron chi connectivity index (χ2n) is 5.54. The second kappa shape index (κ2) is 8.81. The Balaban J connectivity index is 2.71. The lowest BCUT2D eigenvalue weighted by Gasteiger charge is -2.13. The van der Waals surface area contributed by atoms with Gasteiger partial charge in [0.25, 0.3) is 0 Å². The maximum absolute atomic E-state index is 12.2. The molecule has 0 spiro atoms. The molecule has 0 unspecified atom stereocenters. The third-order valence-corrected chi connectivity index (χ3v) is 3.83. The van der Waals surface area contributed by atoms with Gasteiger partial charge in [0.2, 0.25) is 0 Å². The Morgan fingerprint density at radius 1 is 0.786 bits per heavy atom. The summed E-state index contributed by atoms with van der Waals surface area (Å²) < 4.78 is 9.79. The molecule has 2 rings (SSSR count). The summed E-state index contributed by atoms with van der Waals surface area (Å²) in [6.45, 7) is 3.29. The van der Waals surface area contributed by atoms with Gasteiger partial charge in [-0.1, -0.05) is 18.2 Å². The minimum Gasteiger partial charge on any atom is -0.478 e. The molecule has 2 N–H and O–H groups in total. The van der Waals surface area contributed by atoms with Crippen molar-refractivity contribution in [2.45, 2.75) is 13.8 Å². The summed E-state index contributed by atoms with van der Waals surface area (Å²) >= 11 is 0. The highest BCUT2D eigenvalue weighted by atomic mass is 16.5. The van der Waals surface area contributed by atoms with Crippen molar-refractivity contribution in [3.8, 4) is 11.1 Å². The number of carboxylic acids is 2. The first-order valence-electron chi connectivity index (χ1n) is 8.40. The van der Waals surface area contributed by atoms with Gasteiger partial charge in [-0.3, -0.25) is 0 Å². The Morgan fingerprint density at radius 2 is 1.39 bits per heavy atom. The van der Waals surface area contributed by atoms with Crippen LogP contribution in [0.1, 0.15) is 55.3 Å². The fraction of sp³-hybridized carbons (Fsp3) is 0.200. The van der Waals surface area contributed by atoms with Crippen molar-refractivity contribution in [2.75, 3.05) is 13.2 Å². The highest BCUT2D eigenvalue weighted by Crippen LogP contribution is 2.29. The van der Waals surface area contributed by atoms with Gasteiger partial charge in [0.15, 0.2) is 0 Å². The molecule has 2 aromatic rings. The highest BCUT2D eigenvalue weighted by molar-refractivity contribution is 6.08. The molecule has 0 radical (unpaired) electrons. The number of ether oxygens (including phenoxy) is 2. The van der Waals surface area contributed by atoms with Crippen LogP contribution < -0.4 is 0 Å². The number of rotatable bonds is 7. The molecule has 8 nitrogen and oxygen atoms in total. The predicted molar refractivity (Wildman–Crippen MR) is 97.7 cm³/mol. The van der Waals surface area contributed by atoms with Gasteiger partial charge in [-0.15, -0.1) is 0 Å². The number of hydrogen-bond acceptors (Lipinski definition) is 6. The van der Waals surface area contributed by atoms with E-state index < -0.39 is 23.9 Å². The van der Waals surface area contributed by atoms with E-state index in [9.17, 15) is 29.4 Å². The Labute approximate surface area is 160 Å². The number of esters is 2. The number of carbonyl (C=O) groups excluding carboxylic acids is 2. The van der Waals surface area contributed by atoms with E-state index in [1.165, 1.54) is 36.4 Å². The summed E-state index contributed by atoms with van der Waals surface area (Å²) in [5.74, 6) is -4.33. The zero-order chi connectivity index (χ0) is 20.8. The molecule has 0 bridgehead atoms. The summed E-state index contributed by atoms with van der Waals surface area (Å²) in [6, 6.07) is 8.04. The van der Waals surface area contributed by atoms with Crippen LogP contribution >= 0.6 is 0 Å². The molecule has 28 heavy (non-hydrogen) atoms. The van der Waals surface area contributed by atoms with E-state index in [0.29, 0.717) is 0 Å². The molecule has 0 saturated heterocycles. The van der Waals surface area contributed by atoms with E-state index >= 15 is 0 Å². The molecule has 0 atom stereocenters. The molecular formula is C20H18O8. The molecular weight excluding hydrogens is 368 g/mol. The number of aromatic carboxylic acids is 2. The molecule has 0 aromatic heterocycles. The molecule has 0 amide bonds. The van der Waals surface area contributed by atoms with E-state index in [2.05, 4.69) is 0 Å². The van der Waals surface area contributed by atoms with Crippen LogP contribution in [0.15, 0.2) is 36.4 Å². The van der Waals surface area contributed by atoms with Crippen molar-refractivity contribution >= 4 is 23.9 Å². The van der Waals surface area contributed by atoms with Crippen LogP contribution in [-0.4, -0.2) is 47.3 Å². The predicted octanol–water partition coefficient (Wildman–Crippen LogP) is 3.10. The van der Waals surface area contributed by atoms with E-state index in [1.54, 1.807) is 13.8 Å². The maximum atomic E-state index is 12.2. The molecule has 0 aliphatic heterocycles. The lowest BCUT2D eigenvalue weighted by molar-refractivity contribution is 0.0509. The molecule has 0 fully saturated rings. The van der Waals surface area contributed by atoms with E-state index in [4.69, 9.17) is 9.47 Å². The summed E-state index contributed by atoms with van der Waals surface area (Å²) in [4.78, 5) is 47.5. The average Bonchev–Trinajstić information content (AvgIpc) is 2.67. The fourth-order valence-electron chi connectivity index (χ4n) is 2.68. The van der Waals surface area contributed by atoms with Crippen LogP contribution in [-0.2, 0) is 9.47 Å².